The number of nitrogens with one attached hydrogen (secondary N) is 3. The molecule has 2 aliphatic carbocycles. The Labute approximate surface area is 305 Å². The third kappa shape index (κ3) is 5.60. The Morgan fingerprint density at radius 3 is 2.25 bits per heavy atom. The van der Waals surface area contributed by atoms with Crippen LogP contribution in [0.15, 0.2) is 60.8 Å². The lowest BCUT2D eigenvalue weighted by Crippen LogP contribution is -2.54. The molecule has 5 fully saturated rings. The fourth-order valence-corrected chi connectivity index (χ4v) is 9.38. The van der Waals surface area contributed by atoms with E-state index in [-0.39, 0.29) is 36.0 Å². The zero-order chi connectivity index (χ0) is 36.0. The van der Waals surface area contributed by atoms with E-state index in [1.165, 1.54) is 7.11 Å². The Balaban J connectivity index is 0.878. The molecule has 5 aliphatic rings. The van der Waals surface area contributed by atoms with Gasteiger partial charge in [-0.2, -0.15) is 0 Å². The molecule has 5 heterocycles. The molecule has 0 radical (unpaired) electrons. The lowest BCUT2D eigenvalue weighted by atomic mass is 9.90. The van der Waals surface area contributed by atoms with Gasteiger partial charge in [0, 0.05) is 37.1 Å². The van der Waals surface area contributed by atoms with E-state index in [4.69, 9.17) is 19.4 Å². The van der Waals surface area contributed by atoms with E-state index in [0.717, 1.165) is 81.5 Å². The van der Waals surface area contributed by atoms with Crippen molar-refractivity contribution >= 4 is 39.9 Å². The van der Waals surface area contributed by atoms with Gasteiger partial charge in [-0.05, 0) is 102 Å². The maximum Gasteiger partial charge on any atom is 0.408 e. The van der Waals surface area contributed by atoms with Crippen molar-refractivity contribution in [3.63, 3.8) is 0 Å². The molecule has 13 nitrogen and oxygen atoms in total. The number of aromatic amines is 2. The van der Waals surface area contributed by atoms with Gasteiger partial charge in [0.05, 0.1) is 35.9 Å². The lowest BCUT2D eigenvalue weighted by molar-refractivity contribution is -0.138. The minimum absolute atomic E-state index is 0.0146. The number of hydrogen-bond acceptors (Lipinski definition) is 7. The summed E-state index contributed by atoms with van der Waals surface area (Å²) >= 11 is 0. The average molecular weight is 716 g/mol. The van der Waals surface area contributed by atoms with Crippen molar-refractivity contribution in [1.29, 1.82) is 0 Å². The molecule has 4 N–H and O–H groups in total. The predicted molar refractivity (Wildman–Crippen MR) is 195 cm³/mol. The van der Waals surface area contributed by atoms with E-state index in [9.17, 15) is 19.5 Å². The molecule has 0 bridgehead atoms. The number of amides is 3. The molecule has 3 unspecified atom stereocenters. The van der Waals surface area contributed by atoms with Crippen LogP contribution in [-0.2, 0) is 14.3 Å². The number of ether oxygens (including phenoxy) is 2. The Morgan fingerprint density at radius 1 is 0.849 bits per heavy atom. The van der Waals surface area contributed by atoms with E-state index < -0.39 is 18.2 Å². The standard InChI is InChI=1S/C40H41N7O6/c1-52-39(49)45-35(20-8-10-53-11-9-20)38(48)46-31-15-26(31)17-33(46)36-41-19-30(44-36)25-5-4-21-12-22(2-3-23(21)13-25)24-6-7-28-29(14-24)43-37(42-28)34-18-27-16-32(27)47(34)40(50)51/h2-7,12-14,19-20,26-27,31-35H,8-11,15-18H2,1H3,(H,41,44)(H,42,43)(H,45,49)(H,50,51)/t26-,27?,31+,32?,33-,34?,35-/m0/s1. The molecular formula is C40H41N7O6. The molecule has 13 heteroatoms. The fraction of sp³-hybridized carbons (Fsp3) is 0.425. The number of likely N-dealkylation sites (tertiary alicyclic amines) is 2. The smallest absolute Gasteiger partial charge is 0.408 e. The zero-order valence-corrected chi connectivity index (χ0v) is 29.3. The summed E-state index contributed by atoms with van der Waals surface area (Å²) in [6.07, 6.45) is 5.46. The van der Waals surface area contributed by atoms with Crippen molar-refractivity contribution in [3.8, 4) is 22.4 Å². The van der Waals surface area contributed by atoms with Crippen molar-refractivity contribution in [2.45, 2.75) is 68.7 Å². The normalized spacial score (nSPS) is 26.7. The largest absolute Gasteiger partial charge is 0.465 e. The molecule has 10 rings (SSSR count). The van der Waals surface area contributed by atoms with E-state index >= 15 is 0 Å². The van der Waals surface area contributed by atoms with Gasteiger partial charge >= 0.3 is 12.2 Å². The van der Waals surface area contributed by atoms with Gasteiger partial charge in [0.1, 0.15) is 17.7 Å². The van der Waals surface area contributed by atoms with Crippen molar-refractivity contribution in [2.24, 2.45) is 17.8 Å². The van der Waals surface area contributed by atoms with Crippen LogP contribution in [0.3, 0.4) is 0 Å². The Kier molecular flexibility index (Phi) is 7.50. The van der Waals surface area contributed by atoms with E-state index in [2.05, 4.69) is 63.8 Å². The highest BCUT2D eigenvalue weighted by Crippen LogP contribution is 2.54. The van der Waals surface area contributed by atoms with Crippen molar-refractivity contribution in [1.82, 2.24) is 35.1 Å². The van der Waals surface area contributed by atoms with Crippen LogP contribution in [0.4, 0.5) is 9.59 Å². The van der Waals surface area contributed by atoms with Gasteiger partial charge in [-0.3, -0.25) is 9.69 Å². The Hall–Kier alpha value is -5.43. The number of carbonyl (C=O) groups excluding carboxylic acids is 2. The first-order valence-corrected chi connectivity index (χ1v) is 18.7. The van der Waals surface area contributed by atoms with Crippen molar-refractivity contribution < 1.29 is 29.0 Å². The molecule has 2 aromatic heterocycles. The van der Waals surface area contributed by atoms with Crippen LogP contribution < -0.4 is 5.32 Å². The third-order valence-corrected chi connectivity index (χ3v) is 12.3. The molecule has 3 amide bonds. The molecule has 3 saturated heterocycles. The fourth-order valence-electron chi connectivity index (χ4n) is 9.38. The predicted octanol–water partition coefficient (Wildman–Crippen LogP) is 6.40. The van der Waals surface area contributed by atoms with Crippen LogP contribution in [0.2, 0.25) is 0 Å². The highest BCUT2D eigenvalue weighted by molar-refractivity contribution is 5.92. The lowest BCUT2D eigenvalue weighted by Gasteiger charge is -2.35. The molecule has 5 aromatic rings. The number of hydrogen-bond donors (Lipinski definition) is 4. The minimum Gasteiger partial charge on any atom is -0.465 e. The van der Waals surface area contributed by atoms with Crippen LogP contribution >= 0.6 is 0 Å². The molecule has 2 saturated carbocycles. The summed E-state index contributed by atoms with van der Waals surface area (Å²) in [4.78, 5) is 58.6. The van der Waals surface area contributed by atoms with Gasteiger partial charge in [-0.25, -0.2) is 19.6 Å². The second kappa shape index (κ2) is 12.3. The van der Waals surface area contributed by atoms with Crippen molar-refractivity contribution in [2.75, 3.05) is 20.3 Å². The number of methoxy groups -OCH3 is 1. The summed E-state index contributed by atoms with van der Waals surface area (Å²) in [6, 6.07) is 18.1. The van der Waals surface area contributed by atoms with E-state index in [1.807, 2.05) is 17.2 Å². The highest BCUT2D eigenvalue weighted by atomic mass is 16.5. The number of carboxylic acid groups (broad SMARTS) is 1. The quantitative estimate of drug-likeness (QED) is 0.150. The number of fused-ring (bicyclic) bond motifs is 4. The Bertz CT molecular complexity index is 2280. The summed E-state index contributed by atoms with van der Waals surface area (Å²) < 4.78 is 10.4. The number of carbonyl (C=O) groups is 3. The monoisotopic (exact) mass is 715 g/mol. The van der Waals surface area contributed by atoms with E-state index in [1.54, 1.807) is 4.90 Å². The first-order valence-electron chi connectivity index (χ1n) is 18.7. The number of rotatable bonds is 7. The maximum absolute atomic E-state index is 14.2. The second-order valence-electron chi connectivity index (χ2n) is 15.4. The zero-order valence-electron chi connectivity index (χ0n) is 29.3. The number of benzene rings is 3. The van der Waals surface area contributed by atoms with Gasteiger partial charge in [-0.15, -0.1) is 0 Å². The van der Waals surface area contributed by atoms with Crippen LogP contribution in [-0.4, -0.2) is 91.4 Å². The van der Waals surface area contributed by atoms with Gasteiger partial charge in [0.25, 0.3) is 0 Å². The van der Waals surface area contributed by atoms with Gasteiger partial charge < -0.3 is 34.8 Å². The molecule has 0 spiro atoms. The number of H-pyrrole nitrogens is 2. The molecule has 272 valence electrons. The topological polar surface area (TPSA) is 166 Å². The summed E-state index contributed by atoms with van der Waals surface area (Å²) in [7, 11) is 1.32. The maximum atomic E-state index is 14.2. The molecule has 3 aliphatic heterocycles. The van der Waals surface area contributed by atoms with Crippen LogP contribution in [0.1, 0.15) is 62.3 Å². The molecule has 7 atom stereocenters. The molecular weight excluding hydrogens is 674 g/mol. The Morgan fingerprint density at radius 2 is 1.51 bits per heavy atom. The number of nitrogens with zero attached hydrogens (tertiary/aromatic N) is 4. The summed E-state index contributed by atoms with van der Waals surface area (Å²) in [5.41, 5.74) is 5.64. The van der Waals surface area contributed by atoms with Gasteiger partial charge in [0.15, 0.2) is 0 Å². The van der Waals surface area contributed by atoms with Crippen molar-refractivity contribution in [3.05, 3.63) is 72.4 Å². The van der Waals surface area contributed by atoms with Crippen LogP contribution in [0, 0.1) is 17.8 Å². The van der Waals surface area contributed by atoms with Gasteiger partial charge in [-0.1, -0.05) is 30.3 Å². The summed E-state index contributed by atoms with van der Waals surface area (Å²) in [5, 5.41) is 14.8. The number of imidazole rings is 2. The minimum atomic E-state index is -0.873. The van der Waals surface area contributed by atoms with Crippen LogP contribution in [0.5, 0.6) is 0 Å². The number of piperidine rings is 2. The second-order valence-corrected chi connectivity index (χ2v) is 15.4. The highest BCUT2D eigenvalue weighted by Gasteiger charge is 2.57. The summed E-state index contributed by atoms with van der Waals surface area (Å²) in [5.74, 6) is 2.29. The molecule has 3 aromatic carbocycles. The number of aromatic nitrogens is 4. The summed E-state index contributed by atoms with van der Waals surface area (Å²) in [6.45, 7) is 1.14. The number of alkyl carbamates (subject to hydrolysis) is 1. The third-order valence-electron chi connectivity index (χ3n) is 12.3. The molecule has 53 heavy (non-hydrogen) atoms. The van der Waals surface area contributed by atoms with Crippen LogP contribution in [0.25, 0.3) is 44.2 Å². The first kappa shape index (κ1) is 32.2. The first-order chi connectivity index (χ1) is 25.8. The van der Waals surface area contributed by atoms with E-state index in [0.29, 0.717) is 37.9 Å². The van der Waals surface area contributed by atoms with Gasteiger partial charge in [0.2, 0.25) is 5.91 Å². The average Bonchev–Trinajstić information content (AvgIpc) is 3.80. The SMILES string of the molecule is COC(=O)N[C@H](C(=O)N1[C@@H]2C[C@H]2C[C@H]1c1nc(-c2ccc3cc(-c4ccc5nc(C6CC7CC7N6C(=O)O)[nH]c5c4)ccc3c2)c[nH]1)C1CCOCC1.